The first-order chi connectivity index (χ1) is 29.5. The Morgan fingerprint density at radius 1 is 0.541 bits per heavy atom. The van der Waals surface area contributed by atoms with E-state index < -0.39 is 20.0 Å². The molecule has 1 amide bonds. The monoisotopic (exact) mass is 884 g/mol. The second kappa shape index (κ2) is 44.2. The van der Waals surface area contributed by atoms with Crippen molar-refractivity contribution < 1.29 is 32.9 Å². The van der Waals surface area contributed by atoms with Crippen LogP contribution in [0.4, 0.5) is 0 Å². The van der Waals surface area contributed by atoms with E-state index in [9.17, 15) is 19.4 Å². The number of aliphatic hydroxyl groups excluding tert-OH is 1. The van der Waals surface area contributed by atoms with Gasteiger partial charge in [-0.15, -0.1) is 0 Å². The van der Waals surface area contributed by atoms with Crippen molar-refractivity contribution in [2.75, 3.05) is 40.9 Å². The van der Waals surface area contributed by atoms with Gasteiger partial charge in [-0.25, -0.2) is 4.57 Å². The molecule has 0 radical (unpaired) electrons. The number of unbranched alkanes of at least 4 members (excludes halogenated alkanes) is 33. The maximum Gasteiger partial charge on any atom is 0.472 e. The maximum atomic E-state index is 12.9. The molecule has 0 spiro atoms. The molecule has 0 aliphatic carbocycles. The zero-order valence-corrected chi connectivity index (χ0v) is 42.1. The normalized spacial score (nSPS) is 14.3. The Hall–Kier alpha value is -1.02. The number of nitrogens with zero attached hydrogens (tertiary/aromatic N) is 1. The quantitative estimate of drug-likeness (QED) is 0.0243. The number of carbonyl (C=O) groups excluding carboxylic acids is 1. The average Bonchev–Trinajstić information content (AvgIpc) is 3.21. The summed E-state index contributed by atoms with van der Waals surface area (Å²) in [6, 6.07) is -0.841. The molecular formula is C52H104N2O6P+. The van der Waals surface area contributed by atoms with Gasteiger partial charge in [-0.3, -0.25) is 13.8 Å². The Balaban J connectivity index is 3.98. The predicted octanol–water partition coefficient (Wildman–Crippen LogP) is 15.3. The molecule has 0 rings (SSSR count). The number of hydrogen-bond acceptors (Lipinski definition) is 5. The summed E-state index contributed by atoms with van der Waals surface area (Å²) in [5.74, 6) is -0.177. The van der Waals surface area contributed by atoms with Crippen molar-refractivity contribution in [3.8, 4) is 0 Å². The van der Waals surface area contributed by atoms with Gasteiger partial charge in [0.25, 0.3) is 0 Å². The summed E-state index contributed by atoms with van der Waals surface area (Å²) in [6.45, 7) is 4.80. The van der Waals surface area contributed by atoms with E-state index in [2.05, 4.69) is 31.3 Å². The van der Waals surface area contributed by atoms with Crippen LogP contribution in [0, 0.1) is 0 Å². The minimum absolute atomic E-state index is 0.0628. The van der Waals surface area contributed by atoms with Gasteiger partial charge in [0.05, 0.1) is 39.9 Å². The fraction of sp³-hybridized carbons (Fsp3) is 0.904. The van der Waals surface area contributed by atoms with Crippen molar-refractivity contribution >= 4 is 13.7 Å². The highest BCUT2D eigenvalue weighted by Gasteiger charge is 2.27. The number of phosphoric acid groups is 1. The lowest BCUT2D eigenvalue weighted by atomic mass is 10.0. The summed E-state index contributed by atoms with van der Waals surface area (Å²) in [6.07, 6.45) is 54.3. The van der Waals surface area contributed by atoms with Crippen LogP contribution in [-0.4, -0.2) is 73.4 Å². The van der Waals surface area contributed by atoms with E-state index in [1.54, 1.807) is 6.08 Å². The number of hydrogen-bond donors (Lipinski definition) is 3. The van der Waals surface area contributed by atoms with E-state index in [0.717, 1.165) is 38.5 Å². The van der Waals surface area contributed by atoms with E-state index in [0.29, 0.717) is 17.4 Å². The number of carbonyl (C=O) groups is 1. The second-order valence-corrected chi connectivity index (χ2v) is 20.7. The third kappa shape index (κ3) is 46.8. The topological polar surface area (TPSA) is 105 Å². The number of rotatable bonds is 48. The lowest BCUT2D eigenvalue weighted by Gasteiger charge is -2.25. The zero-order chi connectivity index (χ0) is 45.0. The van der Waals surface area contributed by atoms with Crippen molar-refractivity contribution in [2.45, 2.75) is 264 Å². The molecule has 0 aromatic rings. The molecule has 8 nitrogen and oxygen atoms in total. The maximum absolute atomic E-state index is 12.9. The van der Waals surface area contributed by atoms with Gasteiger partial charge in [0, 0.05) is 6.42 Å². The molecule has 0 aliphatic heterocycles. The number of phosphoric ester groups is 1. The third-order valence-electron chi connectivity index (χ3n) is 11.9. The largest absolute Gasteiger partial charge is 0.472 e. The van der Waals surface area contributed by atoms with Gasteiger partial charge >= 0.3 is 7.82 Å². The minimum atomic E-state index is -4.33. The molecule has 0 aromatic heterocycles. The fourth-order valence-electron chi connectivity index (χ4n) is 7.74. The van der Waals surface area contributed by atoms with E-state index >= 15 is 0 Å². The third-order valence-corrected chi connectivity index (χ3v) is 12.9. The molecule has 0 heterocycles. The second-order valence-electron chi connectivity index (χ2n) is 19.3. The fourth-order valence-corrected chi connectivity index (χ4v) is 8.48. The molecule has 9 heteroatoms. The predicted molar refractivity (Wildman–Crippen MR) is 263 cm³/mol. The summed E-state index contributed by atoms with van der Waals surface area (Å²) in [5, 5.41) is 13.8. The van der Waals surface area contributed by atoms with E-state index in [-0.39, 0.29) is 19.1 Å². The Morgan fingerprint density at radius 2 is 0.885 bits per heavy atom. The van der Waals surface area contributed by atoms with Crippen molar-refractivity contribution in [1.82, 2.24) is 5.32 Å². The van der Waals surface area contributed by atoms with Gasteiger partial charge in [-0.05, 0) is 44.9 Å². The van der Waals surface area contributed by atoms with Gasteiger partial charge in [0.15, 0.2) is 0 Å². The van der Waals surface area contributed by atoms with Crippen LogP contribution in [0.15, 0.2) is 24.3 Å². The summed E-state index contributed by atoms with van der Waals surface area (Å²) >= 11 is 0. The highest BCUT2D eigenvalue weighted by molar-refractivity contribution is 7.47. The van der Waals surface area contributed by atoms with Crippen molar-refractivity contribution in [1.29, 1.82) is 0 Å². The molecule has 0 aliphatic rings. The van der Waals surface area contributed by atoms with Crippen molar-refractivity contribution in [3.05, 3.63) is 24.3 Å². The number of likely N-dealkylation sites (N-methyl/N-ethyl adjacent to an activating group) is 1. The molecule has 3 atom stereocenters. The van der Waals surface area contributed by atoms with E-state index in [1.807, 2.05) is 27.2 Å². The van der Waals surface area contributed by atoms with Crippen LogP contribution in [0.25, 0.3) is 0 Å². The van der Waals surface area contributed by atoms with E-state index in [1.165, 1.54) is 193 Å². The van der Waals surface area contributed by atoms with Crippen LogP contribution in [0.3, 0.4) is 0 Å². The number of nitrogens with one attached hydrogen (secondary N) is 1. The van der Waals surface area contributed by atoms with Crippen LogP contribution in [0.5, 0.6) is 0 Å². The van der Waals surface area contributed by atoms with Crippen LogP contribution in [0.2, 0.25) is 0 Å². The first-order valence-electron chi connectivity index (χ1n) is 26.2. The van der Waals surface area contributed by atoms with Gasteiger partial charge in [-0.1, -0.05) is 224 Å². The first kappa shape index (κ1) is 60.0. The lowest BCUT2D eigenvalue weighted by Crippen LogP contribution is -2.45. The van der Waals surface area contributed by atoms with Crippen molar-refractivity contribution in [2.24, 2.45) is 0 Å². The smallest absolute Gasteiger partial charge is 0.387 e. The average molecular weight is 884 g/mol. The highest BCUT2D eigenvalue weighted by Crippen LogP contribution is 2.43. The van der Waals surface area contributed by atoms with Crippen LogP contribution >= 0.6 is 7.82 Å². The van der Waals surface area contributed by atoms with Crippen LogP contribution < -0.4 is 5.32 Å². The Morgan fingerprint density at radius 3 is 1.26 bits per heavy atom. The molecule has 0 fully saturated rings. The molecule has 362 valence electrons. The van der Waals surface area contributed by atoms with Gasteiger partial charge in [0.1, 0.15) is 13.2 Å². The molecule has 3 unspecified atom stereocenters. The van der Waals surface area contributed by atoms with Crippen LogP contribution in [0.1, 0.15) is 251 Å². The first-order valence-corrected chi connectivity index (χ1v) is 27.7. The standard InChI is InChI=1S/C52H103N2O6P/c1-6-8-10-12-14-16-17-18-19-20-21-22-23-24-25-26-27-28-29-30-31-32-33-34-35-36-38-40-42-44-46-52(56)53-50(49-60-61(57,58)59-48-47-54(3,4)5)51(55)45-43-41-39-37-15-13-11-9-7-2/h24-25,43,45,50-51,55H,6-23,26-42,44,46-49H2,1-5H3,(H-,53,56,57,58)/p+1/b25-24-,45-43+. The number of allylic oxidation sites excluding steroid dienone is 3. The summed E-state index contributed by atoms with van der Waals surface area (Å²) in [5.41, 5.74) is 0. The molecular weight excluding hydrogens is 780 g/mol. The Kier molecular flexibility index (Phi) is 43.5. The van der Waals surface area contributed by atoms with Crippen molar-refractivity contribution in [3.63, 3.8) is 0 Å². The number of quaternary nitrogens is 1. The summed E-state index contributed by atoms with van der Waals surface area (Å²) < 4.78 is 23.5. The van der Waals surface area contributed by atoms with Gasteiger partial charge in [-0.2, -0.15) is 0 Å². The molecule has 61 heavy (non-hydrogen) atoms. The Bertz CT molecular complexity index is 1050. The Labute approximate surface area is 379 Å². The summed E-state index contributed by atoms with van der Waals surface area (Å²) in [4.78, 5) is 23.1. The van der Waals surface area contributed by atoms with Gasteiger partial charge in [0.2, 0.25) is 5.91 Å². The number of aliphatic hydroxyl groups is 1. The lowest BCUT2D eigenvalue weighted by molar-refractivity contribution is -0.870. The van der Waals surface area contributed by atoms with Gasteiger partial charge < -0.3 is 19.8 Å². The number of amides is 1. The highest BCUT2D eigenvalue weighted by atomic mass is 31.2. The van der Waals surface area contributed by atoms with E-state index in [4.69, 9.17) is 9.05 Å². The van der Waals surface area contributed by atoms with Crippen LogP contribution in [-0.2, 0) is 18.4 Å². The summed E-state index contributed by atoms with van der Waals surface area (Å²) in [7, 11) is 1.58. The molecule has 0 saturated carbocycles. The molecule has 0 saturated heterocycles. The molecule has 3 N–H and O–H groups in total. The minimum Gasteiger partial charge on any atom is -0.387 e. The molecule has 0 bridgehead atoms. The SMILES string of the molecule is CCCCCCCCC/C=C/C(O)C(COP(=O)(O)OCC[N+](C)(C)C)NC(=O)CCCCCCCCCCCCCCCC/C=C\CCCCCCCCCCCCCC. The zero-order valence-electron chi connectivity index (χ0n) is 41.2. The molecule has 0 aromatic carbocycles.